The maximum absolute atomic E-state index is 6.12. The predicted octanol–water partition coefficient (Wildman–Crippen LogP) is 3.49. The van der Waals surface area contributed by atoms with Crippen LogP contribution in [0.15, 0.2) is 24.3 Å². The normalized spacial score (nSPS) is 17.5. The van der Waals surface area contributed by atoms with Gasteiger partial charge in [-0.15, -0.1) is 0 Å². The van der Waals surface area contributed by atoms with Crippen molar-refractivity contribution in [3.8, 4) is 5.75 Å². The van der Waals surface area contributed by atoms with Gasteiger partial charge in [0.1, 0.15) is 5.75 Å². The van der Waals surface area contributed by atoms with Crippen molar-refractivity contribution < 1.29 is 9.16 Å². The highest BCUT2D eigenvalue weighted by Crippen LogP contribution is 2.28. The number of anilines is 1. The molecule has 0 radical (unpaired) electrons. The van der Waals surface area contributed by atoms with Crippen molar-refractivity contribution in [1.82, 2.24) is 0 Å². The van der Waals surface area contributed by atoms with Crippen molar-refractivity contribution in [2.24, 2.45) is 0 Å². The minimum Gasteiger partial charge on any atom is -0.543 e. The molecule has 0 spiro atoms. The molecule has 0 saturated carbocycles. The summed E-state index contributed by atoms with van der Waals surface area (Å²) in [5, 5.41) is 3.59. The lowest BCUT2D eigenvalue weighted by molar-refractivity contribution is 0.0904. The second kappa shape index (κ2) is 5.76. The van der Waals surface area contributed by atoms with E-state index in [9.17, 15) is 0 Å². The number of hydrogen-bond donors (Lipinski definition) is 1. The SMILES string of the molecule is C[Si](C)(C)Oc1ccccc1NC1CCOCC1. The van der Waals surface area contributed by atoms with E-state index in [0.29, 0.717) is 6.04 Å². The lowest BCUT2D eigenvalue weighted by atomic mass is 10.1. The molecule has 1 aromatic carbocycles. The first-order chi connectivity index (χ1) is 8.54. The first-order valence-corrected chi connectivity index (χ1v) is 10.1. The van der Waals surface area contributed by atoms with Crippen molar-refractivity contribution in [1.29, 1.82) is 0 Å². The van der Waals surface area contributed by atoms with Gasteiger partial charge in [0, 0.05) is 19.3 Å². The maximum Gasteiger partial charge on any atom is 0.242 e. The molecule has 1 aromatic rings. The Morgan fingerprint density at radius 1 is 1.17 bits per heavy atom. The van der Waals surface area contributed by atoms with Crippen molar-refractivity contribution >= 4 is 14.0 Å². The Labute approximate surface area is 111 Å². The van der Waals surface area contributed by atoms with E-state index in [1.165, 1.54) is 0 Å². The zero-order valence-electron chi connectivity index (χ0n) is 11.5. The molecule has 18 heavy (non-hydrogen) atoms. The summed E-state index contributed by atoms with van der Waals surface area (Å²) >= 11 is 0. The molecule has 1 N–H and O–H groups in total. The fourth-order valence-electron chi connectivity index (χ4n) is 2.07. The molecule has 0 aromatic heterocycles. The molecule has 1 saturated heterocycles. The van der Waals surface area contributed by atoms with Crippen LogP contribution in [0.25, 0.3) is 0 Å². The Morgan fingerprint density at radius 3 is 2.50 bits per heavy atom. The highest BCUT2D eigenvalue weighted by molar-refractivity contribution is 6.70. The molecular weight excluding hydrogens is 242 g/mol. The molecule has 0 aliphatic carbocycles. The van der Waals surface area contributed by atoms with E-state index in [2.05, 4.69) is 43.2 Å². The smallest absolute Gasteiger partial charge is 0.242 e. The quantitative estimate of drug-likeness (QED) is 0.845. The fraction of sp³-hybridized carbons (Fsp3) is 0.571. The number of ether oxygens (including phenoxy) is 1. The van der Waals surface area contributed by atoms with E-state index >= 15 is 0 Å². The van der Waals surface area contributed by atoms with Gasteiger partial charge in [-0.25, -0.2) is 0 Å². The van der Waals surface area contributed by atoms with Crippen molar-refractivity contribution in [3.05, 3.63) is 24.3 Å². The highest BCUT2D eigenvalue weighted by atomic mass is 28.4. The van der Waals surface area contributed by atoms with Gasteiger partial charge in [-0.3, -0.25) is 0 Å². The average Bonchev–Trinajstić information content (AvgIpc) is 2.31. The van der Waals surface area contributed by atoms with Crippen LogP contribution in [0.3, 0.4) is 0 Å². The van der Waals surface area contributed by atoms with Crippen LogP contribution < -0.4 is 9.74 Å². The summed E-state index contributed by atoms with van der Waals surface area (Å²) in [7, 11) is -1.56. The van der Waals surface area contributed by atoms with Gasteiger partial charge >= 0.3 is 0 Å². The van der Waals surface area contributed by atoms with Gasteiger partial charge in [-0.05, 0) is 44.6 Å². The molecule has 1 fully saturated rings. The van der Waals surface area contributed by atoms with Gasteiger partial charge in [-0.2, -0.15) is 0 Å². The van der Waals surface area contributed by atoms with Gasteiger partial charge in [0.25, 0.3) is 0 Å². The Bertz CT molecular complexity index is 384. The zero-order chi connectivity index (χ0) is 13.0. The molecule has 0 unspecified atom stereocenters. The Balaban J connectivity index is 2.06. The van der Waals surface area contributed by atoms with E-state index in [-0.39, 0.29) is 0 Å². The summed E-state index contributed by atoms with van der Waals surface area (Å²) in [6, 6.07) is 8.75. The number of benzene rings is 1. The third kappa shape index (κ3) is 4.03. The van der Waals surface area contributed by atoms with Gasteiger partial charge in [0.15, 0.2) is 0 Å². The molecule has 3 nitrogen and oxygen atoms in total. The van der Waals surface area contributed by atoms with Gasteiger partial charge < -0.3 is 14.5 Å². The van der Waals surface area contributed by atoms with Crippen molar-refractivity contribution in [2.45, 2.75) is 38.5 Å². The fourth-order valence-corrected chi connectivity index (χ4v) is 2.90. The van der Waals surface area contributed by atoms with Crippen LogP contribution in [-0.2, 0) is 4.74 Å². The van der Waals surface area contributed by atoms with E-state index in [1.807, 2.05) is 6.07 Å². The zero-order valence-corrected chi connectivity index (χ0v) is 12.5. The molecule has 2 rings (SSSR count). The van der Waals surface area contributed by atoms with E-state index in [1.54, 1.807) is 0 Å². The molecule has 1 aliphatic heterocycles. The lowest BCUT2D eigenvalue weighted by Crippen LogP contribution is -2.31. The molecule has 1 aliphatic rings. The summed E-state index contributed by atoms with van der Waals surface area (Å²) in [5.41, 5.74) is 1.12. The lowest BCUT2D eigenvalue weighted by Gasteiger charge is -2.27. The third-order valence-electron chi connectivity index (χ3n) is 2.88. The summed E-state index contributed by atoms with van der Waals surface area (Å²) in [4.78, 5) is 0. The summed E-state index contributed by atoms with van der Waals surface area (Å²) < 4.78 is 11.5. The first-order valence-electron chi connectivity index (χ1n) is 6.67. The number of nitrogens with one attached hydrogen (secondary N) is 1. The number of para-hydroxylation sites is 2. The molecule has 0 atom stereocenters. The Kier molecular flexibility index (Phi) is 4.30. The second-order valence-electron chi connectivity index (χ2n) is 5.74. The van der Waals surface area contributed by atoms with E-state index in [0.717, 1.165) is 37.5 Å². The Hall–Kier alpha value is -1.00. The van der Waals surface area contributed by atoms with Gasteiger partial charge in [-0.1, -0.05) is 12.1 Å². The first kappa shape index (κ1) is 13.4. The minimum atomic E-state index is -1.56. The maximum atomic E-state index is 6.12. The number of hydrogen-bond acceptors (Lipinski definition) is 3. The van der Waals surface area contributed by atoms with Gasteiger partial charge in [0.05, 0.1) is 5.69 Å². The van der Waals surface area contributed by atoms with Crippen LogP contribution in [0.2, 0.25) is 19.6 Å². The molecule has 1 heterocycles. The average molecular weight is 265 g/mol. The molecule has 0 amide bonds. The van der Waals surface area contributed by atoms with Crippen molar-refractivity contribution in [2.75, 3.05) is 18.5 Å². The topological polar surface area (TPSA) is 30.5 Å². The molecule has 4 heteroatoms. The predicted molar refractivity (Wildman–Crippen MR) is 77.9 cm³/mol. The molecule has 100 valence electrons. The van der Waals surface area contributed by atoms with Crippen LogP contribution in [-0.4, -0.2) is 27.6 Å². The van der Waals surface area contributed by atoms with Crippen LogP contribution in [0, 0.1) is 0 Å². The van der Waals surface area contributed by atoms with Crippen LogP contribution >= 0.6 is 0 Å². The van der Waals surface area contributed by atoms with Crippen molar-refractivity contribution in [3.63, 3.8) is 0 Å². The largest absolute Gasteiger partial charge is 0.543 e. The monoisotopic (exact) mass is 265 g/mol. The van der Waals surface area contributed by atoms with E-state index in [4.69, 9.17) is 9.16 Å². The second-order valence-corrected chi connectivity index (χ2v) is 10.2. The molecule has 0 bridgehead atoms. The Morgan fingerprint density at radius 2 is 1.83 bits per heavy atom. The molecular formula is C14H23NO2Si. The van der Waals surface area contributed by atoms with Crippen LogP contribution in [0.5, 0.6) is 5.75 Å². The van der Waals surface area contributed by atoms with Crippen LogP contribution in [0.1, 0.15) is 12.8 Å². The number of rotatable bonds is 4. The third-order valence-corrected chi connectivity index (χ3v) is 3.72. The summed E-state index contributed by atoms with van der Waals surface area (Å²) in [5.74, 6) is 0.989. The van der Waals surface area contributed by atoms with Gasteiger partial charge in [0.2, 0.25) is 8.32 Å². The summed E-state index contributed by atoms with van der Waals surface area (Å²) in [6.45, 7) is 8.33. The van der Waals surface area contributed by atoms with Crippen LogP contribution in [0.4, 0.5) is 5.69 Å². The summed E-state index contributed by atoms with van der Waals surface area (Å²) in [6.07, 6.45) is 2.14. The highest BCUT2D eigenvalue weighted by Gasteiger charge is 2.20. The standard InChI is InChI=1S/C14H23NO2Si/c1-18(2,3)17-14-7-5-4-6-13(14)15-12-8-10-16-11-9-12/h4-7,12,15H,8-11H2,1-3H3. The minimum absolute atomic E-state index is 0.505. The van der Waals surface area contributed by atoms with E-state index < -0.39 is 8.32 Å².